The van der Waals surface area contributed by atoms with Gasteiger partial charge in [0, 0.05) is 11.4 Å². The van der Waals surface area contributed by atoms with Gasteiger partial charge in [-0.3, -0.25) is 9.13 Å². The lowest BCUT2D eigenvalue weighted by molar-refractivity contribution is -0.573. The Balaban J connectivity index is 1.49. The molecule has 0 spiro atoms. The van der Waals surface area contributed by atoms with Crippen LogP contribution in [0, 0.1) is 13.3 Å². The van der Waals surface area contributed by atoms with E-state index in [1.807, 2.05) is 100 Å². The number of imidazole rings is 1. The largest absolute Gasteiger partial charge is 0.511 e. The fourth-order valence-electron chi connectivity index (χ4n) is 4.61. The number of phenols is 1. The molecular formula is C33H26N4O. The highest BCUT2D eigenvalue weighted by molar-refractivity contribution is 5.92. The van der Waals surface area contributed by atoms with Gasteiger partial charge in [0.05, 0.1) is 22.4 Å². The molecule has 1 heterocycles. The zero-order valence-corrected chi connectivity index (χ0v) is 20.9. The third kappa shape index (κ3) is 4.42. The van der Waals surface area contributed by atoms with Crippen LogP contribution in [0.2, 0.25) is 0 Å². The second-order valence-electron chi connectivity index (χ2n) is 9.00. The zero-order valence-electron chi connectivity index (χ0n) is 20.9. The first-order valence-corrected chi connectivity index (χ1v) is 12.5. The number of phenolic OH excluding ortho intramolecular Hbond substituents is 1. The van der Waals surface area contributed by atoms with Crippen LogP contribution in [0.5, 0.6) is 5.75 Å². The van der Waals surface area contributed by atoms with Crippen molar-refractivity contribution >= 4 is 34.4 Å². The highest BCUT2D eigenvalue weighted by Gasteiger charge is 2.16. The highest BCUT2D eigenvalue weighted by atomic mass is 16.3. The number of aliphatic imine (C=N–C) groups is 1. The molecule has 6 aromatic rings. The molecule has 38 heavy (non-hydrogen) atoms. The van der Waals surface area contributed by atoms with Crippen LogP contribution in [0.3, 0.4) is 0 Å². The van der Waals surface area contributed by atoms with E-state index in [1.165, 1.54) is 0 Å². The van der Waals surface area contributed by atoms with Crippen LogP contribution in [0.25, 0.3) is 22.4 Å². The summed E-state index contributed by atoms with van der Waals surface area (Å²) < 4.78 is 3.92. The molecule has 5 heteroatoms. The summed E-state index contributed by atoms with van der Waals surface area (Å²) in [6.07, 6.45) is 5.33. The fourth-order valence-corrected chi connectivity index (χ4v) is 4.61. The average Bonchev–Trinajstić information content (AvgIpc) is 3.35. The van der Waals surface area contributed by atoms with Crippen molar-refractivity contribution in [2.45, 2.75) is 6.92 Å². The predicted octanol–water partition coefficient (Wildman–Crippen LogP) is 7.22. The van der Waals surface area contributed by atoms with Gasteiger partial charge in [-0.05, 0) is 61.0 Å². The molecule has 0 fully saturated rings. The summed E-state index contributed by atoms with van der Waals surface area (Å²) in [5.41, 5.74) is 7.60. The molecule has 1 N–H and O–H groups in total. The Bertz CT molecular complexity index is 1750. The molecule has 184 valence electrons. The monoisotopic (exact) mass is 494 g/mol. The van der Waals surface area contributed by atoms with Crippen molar-refractivity contribution < 1.29 is 9.67 Å². The van der Waals surface area contributed by atoms with Gasteiger partial charge in [-0.25, -0.2) is 4.99 Å². The first kappa shape index (κ1) is 23.3. The van der Waals surface area contributed by atoms with Crippen molar-refractivity contribution in [3.05, 3.63) is 139 Å². The van der Waals surface area contributed by atoms with E-state index < -0.39 is 0 Å². The third-order valence-electron chi connectivity index (χ3n) is 6.51. The third-order valence-corrected chi connectivity index (χ3v) is 6.51. The van der Waals surface area contributed by atoms with E-state index in [2.05, 4.69) is 54.5 Å². The topological polar surface area (TPSA) is 44.6 Å². The van der Waals surface area contributed by atoms with Crippen LogP contribution in [-0.4, -0.2) is 16.0 Å². The lowest BCUT2D eigenvalue weighted by Crippen LogP contribution is -2.29. The number of aromatic hydroxyl groups is 1. The molecule has 0 aliphatic heterocycles. The van der Waals surface area contributed by atoms with Crippen molar-refractivity contribution in [2.24, 2.45) is 4.99 Å². The first-order valence-electron chi connectivity index (χ1n) is 12.5. The molecule has 0 unspecified atom stereocenters. The average molecular weight is 495 g/mol. The smallest absolute Gasteiger partial charge is 0.269 e. The Morgan fingerprint density at radius 1 is 0.789 bits per heavy atom. The molecule has 5 aromatic carbocycles. The van der Waals surface area contributed by atoms with Crippen molar-refractivity contribution in [1.82, 2.24) is 4.57 Å². The van der Waals surface area contributed by atoms with Gasteiger partial charge in [-0.1, -0.05) is 78.9 Å². The number of benzene rings is 5. The molecular weight excluding hydrogens is 468 g/mol. The normalized spacial score (nSPS) is 11.3. The molecule has 0 atom stereocenters. The first-order chi connectivity index (χ1) is 18.7. The van der Waals surface area contributed by atoms with Gasteiger partial charge in [-0.15, -0.1) is 0 Å². The second-order valence-corrected chi connectivity index (χ2v) is 9.00. The molecule has 0 aliphatic rings. The number of hydrogen-bond acceptors (Lipinski definition) is 2. The van der Waals surface area contributed by atoms with E-state index >= 15 is 0 Å². The number of fused-ring (bicyclic) bond motifs is 1. The van der Waals surface area contributed by atoms with Gasteiger partial charge in [0.25, 0.3) is 6.33 Å². The molecule has 1 aromatic heterocycles. The van der Waals surface area contributed by atoms with Gasteiger partial charge in [-0.2, -0.15) is 0 Å². The second kappa shape index (κ2) is 10.1. The van der Waals surface area contributed by atoms with Crippen LogP contribution >= 0.6 is 0 Å². The summed E-state index contributed by atoms with van der Waals surface area (Å²) in [5.74, 6) is 0.202. The predicted molar refractivity (Wildman–Crippen MR) is 153 cm³/mol. The van der Waals surface area contributed by atoms with Crippen molar-refractivity contribution in [3.63, 3.8) is 0 Å². The number of para-hydroxylation sites is 6. The molecule has 0 saturated heterocycles. The molecule has 6 rings (SSSR count). The number of anilines is 2. The van der Waals surface area contributed by atoms with E-state index in [0.717, 1.165) is 39.3 Å². The number of aromatic nitrogens is 2. The number of nitrogens with zero attached hydrogens (tertiary/aromatic N) is 4. The summed E-state index contributed by atoms with van der Waals surface area (Å²) >= 11 is 0. The molecule has 0 amide bonds. The maximum atomic E-state index is 10.6. The van der Waals surface area contributed by atoms with Crippen molar-refractivity contribution in [3.8, 4) is 17.1 Å². The minimum atomic E-state index is 0.202. The summed E-state index contributed by atoms with van der Waals surface area (Å²) in [7, 11) is 0. The maximum Gasteiger partial charge on any atom is 0.269 e. The van der Waals surface area contributed by atoms with Gasteiger partial charge < -0.3 is 10.0 Å². The summed E-state index contributed by atoms with van der Waals surface area (Å²) in [4.78, 5) is 6.87. The van der Waals surface area contributed by atoms with Gasteiger partial charge in [0.15, 0.2) is 0 Å². The number of rotatable bonds is 6. The lowest BCUT2D eigenvalue weighted by Gasteiger charge is -2.23. The molecule has 0 bridgehead atoms. The Morgan fingerprint density at radius 3 is 2.37 bits per heavy atom. The van der Waals surface area contributed by atoms with E-state index in [4.69, 9.17) is 4.99 Å². The van der Waals surface area contributed by atoms with Crippen LogP contribution in [-0.2, 0) is 0 Å². The van der Waals surface area contributed by atoms with Gasteiger partial charge >= 0.3 is 0 Å². The van der Waals surface area contributed by atoms with Crippen LogP contribution in [0.1, 0.15) is 5.56 Å². The quantitative estimate of drug-likeness (QED) is 0.115. The van der Waals surface area contributed by atoms with Crippen molar-refractivity contribution in [2.75, 3.05) is 4.90 Å². The summed E-state index contributed by atoms with van der Waals surface area (Å²) in [6.45, 7) is 2.10. The number of hydrogen-bond donors (Lipinski definition) is 1. The van der Waals surface area contributed by atoms with E-state index in [1.54, 1.807) is 6.07 Å². The fraction of sp³-hybridized carbons (Fsp3) is 0.0303. The van der Waals surface area contributed by atoms with Crippen molar-refractivity contribution in [1.29, 1.82) is 0 Å². The standard InChI is InChI=1S/C33H26N4O/c1-25-12-5-6-17-29(25)35(23-34-26-13-3-2-4-14-26)27-15-11-16-28(22-27)36-24-37(31-19-8-7-18-30(31)36)32-20-9-10-21-33(32)38/h2-23,38H,1H3. The van der Waals surface area contributed by atoms with Gasteiger partial charge in [0.1, 0.15) is 17.8 Å². The summed E-state index contributed by atoms with van der Waals surface area (Å²) in [6, 6.07) is 41.9. The Morgan fingerprint density at radius 2 is 1.53 bits per heavy atom. The lowest BCUT2D eigenvalue weighted by atomic mass is 10.1. The van der Waals surface area contributed by atoms with Gasteiger partial charge in [0.2, 0.25) is 0 Å². The minimum absolute atomic E-state index is 0.202. The Labute approximate surface area is 221 Å². The van der Waals surface area contributed by atoms with Crippen LogP contribution < -0.4 is 9.47 Å². The number of aryl methyl sites for hydroxylation is 1. The van der Waals surface area contributed by atoms with Crippen LogP contribution in [0.15, 0.2) is 132 Å². The molecule has 5 nitrogen and oxygen atoms in total. The molecule has 0 aliphatic carbocycles. The molecule has 0 saturated carbocycles. The SMILES string of the molecule is Cc1ccccc1N(C=Nc1ccccc1)c1cccc(-n2[c-][n+](-c3ccccc3O)c3ccccc32)c1. The van der Waals surface area contributed by atoms with E-state index in [-0.39, 0.29) is 5.75 Å². The van der Waals surface area contributed by atoms with Crippen LogP contribution in [0.4, 0.5) is 17.1 Å². The summed E-state index contributed by atoms with van der Waals surface area (Å²) in [5, 5.41) is 10.6. The molecule has 0 radical (unpaired) electrons. The minimum Gasteiger partial charge on any atom is -0.511 e. The van der Waals surface area contributed by atoms with E-state index in [0.29, 0.717) is 5.69 Å². The zero-order chi connectivity index (χ0) is 25.9. The maximum absolute atomic E-state index is 10.6. The Kier molecular flexibility index (Phi) is 6.16. The highest BCUT2D eigenvalue weighted by Crippen LogP contribution is 2.30. The van der Waals surface area contributed by atoms with E-state index in [9.17, 15) is 5.11 Å². The Hall–Kier alpha value is -5.16.